The van der Waals surface area contributed by atoms with Crippen molar-refractivity contribution in [2.75, 3.05) is 0 Å². The number of hydrogen-bond donors (Lipinski definition) is 1. The fraction of sp³-hybridized carbons (Fsp3) is 0.0625. The largest absolute Gasteiger partial charge is 0.348 e. The second-order valence-electron chi connectivity index (χ2n) is 4.50. The zero-order valence-corrected chi connectivity index (χ0v) is 12.7. The molecule has 21 heavy (non-hydrogen) atoms. The molecule has 0 aliphatic carbocycles. The molecule has 1 aromatic heterocycles. The topological polar surface area (TPSA) is 54.9 Å². The minimum atomic E-state index is -0.156. The smallest absolute Gasteiger partial charge is 0.253 e. The summed E-state index contributed by atoms with van der Waals surface area (Å²) >= 11 is 3.47. The lowest BCUT2D eigenvalue weighted by Gasteiger charge is -2.08. The third kappa shape index (κ3) is 2.92. The van der Waals surface area contributed by atoms with E-state index < -0.39 is 0 Å². The molecule has 0 bridgehead atoms. The zero-order valence-electron chi connectivity index (χ0n) is 11.1. The van der Waals surface area contributed by atoms with Gasteiger partial charge in [-0.05, 0) is 23.8 Å². The third-order valence-corrected chi connectivity index (χ3v) is 3.91. The van der Waals surface area contributed by atoms with Gasteiger partial charge in [-0.2, -0.15) is 0 Å². The molecule has 5 heteroatoms. The van der Waals surface area contributed by atoms with Crippen LogP contribution in [-0.2, 0) is 6.54 Å². The van der Waals surface area contributed by atoms with E-state index >= 15 is 0 Å². The van der Waals surface area contributed by atoms with E-state index in [-0.39, 0.29) is 5.91 Å². The monoisotopic (exact) mass is 341 g/mol. The van der Waals surface area contributed by atoms with Gasteiger partial charge in [-0.3, -0.25) is 14.8 Å². The van der Waals surface area contributed by atoms with Gasteiger partial charge in [-0.25, -0.2) is 0 Å². The molecule has 0 unspecified atom stereocenters. The maximum atomic E-state index is 12.3. The van der Waals surface area contributed by atoms with E-state index in [0.29, 0.717) is 23.1 Å². The number of nitrogens with one attached hydrogen (secondary N) is 1. The summed E-state index contributed by atoms with van der Waals surface area (Å²) in [6.45, 7) is 0.455. The molecule has 0 aliphatic rings. The highest BCUT2D eigenvalue weighted by Gasteiger charge is 2.11. The summed E-state index contributed by atoms with van der Waals surface area (Å²) in [5.74, 6) is -0.156. The Hall–Kier alpha value is -2.27. The van der Waals surface area contributed by atoms with Crippen LogP contribution in [0, 0.1) is 0 Å². The Kier molecular flexibility index (Phi) is 3.92. The number of hydrogen-bond acceptors (Lipinski definition) is 3. The van der Waals surface area contributed by atoms with Crippen molar-refractivity contribution in [2.45, 2.75) is 6.54 Å². The van der Waals surface area contributed by atoms with E-state index in [1.54, 1.807) is 18.5 Å². The third-order valence-electron chi connectivity index (χ3n) is 3.14. The molecular formula is C16H12BrN3O. The van der Waals surface area contributed by atoms with Crippen molar-refractivity contribution < 1.29 is 4.79 Å². The van der Waals surface area contributed by atoms with Gasteiger partial charge in [0.05, 0.1) is 11.1 Å². The molecule has 1 N–H and O–H groups in total. The molecule has 2 aromatic carbocycles. The molecule has 3 rings (SSSR count). The first-order valence-electron chi connectivity index (χ1n) is 6.47. The van der Waals surface area contributed by atoms with Gasteiger partial charge in [0, 0.05) is 23.4 Å². The van der Waals surface area contributed by atoms with Gasteiger partial charge in [0.2, 0.25) is 0 Å². The first kappa shape index (κ1) is 13.7. The second-order valence-corrected chi connectivity index (χ2v) is 5.36. The maximum Gasteiger partial charge on any atom is 0.253 e. The lowest BCUT2D eigenvalue weighted by molar-refractivity contribution is 0.0952. The summed E-state index contributed by atoms with van der Waals surface area (Å²) in [7, 11) is 0. The van der Waals surface area contributed by atoms with Crippen LogP contribution in [0.15, 0.2) is 59.3 Å². The predicted octanol–water partition coefficient (Wildman–Crippen LogP) is 3.32. The number of aromatic nitrogens is 2. The lowest BCUT2D eigenvalue weighted by Crippen LogP contribution is -2.23. The molecule has 1 amide bonds. The fourth-order valence-electron chi connectivity index (χ4n) is 2.09. The van der Waals surface area contributed by atoms with Crippen LogP contribution in [0.4, 0.5) is 0 Å². The Bertz CT molecular complexity index is 799. The van der Waals surface area contributed by atoms with Crippen molar-refractivity contribution in [1.29, 1.82) is 0 Å². The number of halogens is 1. The summed E-state index contributed by atoms with van der Waals surface area (Å²) in [5.41, 5.74) is 2.89. The Morgan fingerprint density at radius 2 is 1.86 bits per heavy atom. The molecule has 0 aliphatic heterocycles. The molecule has 4 nitrogen and oxygen atoms in total. The van der Waals surface area contributed by atoms with Gasteiger partial charge in [0.15, 0.2) is 0 Å². The van der Waals surface area contributed by atoms with Crippen LogP contribution in [0.1, 0.15) is 15.9 Å². The molecule has 0 saturated heterocycles. The quantitative estimate of drug-likeness (QED) is 0.794. The number of amides is 1. The Morgan fingerprint density at radius 1 is 1.05 bits per heavy atom. The highest BCUT2D eigenvalue weighted by atomic mass is 79.9. The van der Waals surface area contributed by atoms with Crippen molar-refractivity contribution in [3.05, 3.63) is 70.5 Å². The summed E-state index contributed by atoms with van der Waals surface area (Å²) in [5, 5.41) is 2.91. The van der Waals surface area contributed by atoms with Crippen molar-refractivity contribution in [2.24, 2.45) is 0 Å². The first-order chi connectivity index (χ1) is 10.3. The minimum Gasteiger partial charge on any atom is -0.348 e. The molecule has 0 saturated carbocycles. The average Bonchev–Trinajstić information content (AvgIpc) is 2.53. The van der Waals surface area contributed by atoms with Gasteiger partial charge in [0.25, 0.3) is 5.91 Å². The van der Waals surface area contributed by atoms with Crippen LogP contribution in [0.25, 0.3) is 11.0 Å². The van der Waals surface area contributed by atoms with E-state index in [0.717, 1.165) is 10.0 Å². The zero-order chi connectivity index (χ0) is 14.7. The minimum absolute atomic E-state index is 0.156. The van der Waals surface area contributed by atoms with E-state index in [9.17, 15) is 4.79 Å². The molecule has 0 spiro atoms. The SMILES string of the molecule is O=C(NCc1ccccc1Br)c1cccc2nccnc12. The number of carbonyl (C=O) groups excluding carboxylic acids is 1. The lowest BCUT2D eigenvalue weighted by atomic mass is 10.1. The van der Waals surface area contributed by atoms with Gasteiger partial charge >= 0.3 is 0 Å². The predicted molar refractivity (Wildman–Crippen MR) is 84.9 cm³/mol. The molecule has 0 radical (unpaired) electrons. The van der Waals surface area contributed by atoms with E-state index in [2.05, 4.69) is 31.2 Å². The first-order valence-corrected chi connectivity index (χ1v) is 7.26. The molecule has 1 heterocycles. The summed E-state index contributed by atoms with van der Waals surface area (Å²) < 4.78 is 0.975. The van der Waals surface area contributed by atoms with Crippen molar-refractivity contribution in [3.8, 4) is 0 Å². The molecule has 0 atom stereocenters. The van der Waals surface area contributed by atoms with Crippen LogP contribution in [0.2, 0.25) is 0 Å². The Morgan fingerprint density at radius 3 is 2.71 bits per heavy atom. The normalized spacial score (nSPS) is 10.5. The standard InChI is InChI=1S/C16H12BrN3O/c17-13-6-2-1-4-11(13)10-20-16(21)12-5-3-7-14-15(12)19-9-8-18-14/h1-9H,10H2,(H,20,21). The van der Waals surface area contributed by atoms with E-state index in [1.165, 1.54) is 0 Å². The number of carbonyl (C=O) groups is 1. The van der Waals surface area contributed by atoms with Crippen LogP contribution >= 0.6 is 15.9 Å². The van der Waals surface area contributed by atoms with Crippen LogP contribution in [-0.4, -0.2) is 15.9 Å². The summed E-state index contributed by atoms with van der Waals surface area (Å²) in [6.07, 6.45) is 3.21. The Labute approximate surface area is 130 Å². The van der Waals surface area contributed by atoms with E-state index in [4.69, 9.17) is 0 Å². The molecule has 3 aromatic rings. The fourth-order valence-corrected chi connectivity index (χ4v) is 2.51. The average molecular weight is 342 g/mol. The number of nitrogens with zero attached hydrogens (tertiary/aromatic N) is 2. The second kappa shape index (κ2) is 6.01. The number of fused-ring (bicyclic) bond motifs is 1. The van der Waals surface area contributed by atoms with Gasteiger partial charge in [-0.15, -0.1) is 0 Å². The summed E-state index contributed by atoms with van der Waals surface area (Å²) in [4.78, 5) is 20.8. The van der Waals surface area contributed by atoms with E-state index in [1.807, 2.05) is 36.4 Å². The number of para-hydroxylation sites is 1. The van der Waals surface area contributed by atoms with Crippen molar-refractivity contribution in [3.63, 3.8) is 0 Å². The number of rotatable bonds is 3. The number of benzene rings is 2. The molecular weight excluding hydrogens is 330 g/mol. The van der Waals surface area contributed by atoms with Gasteiger partial charge in [-0.1, -0.05) is 40.2 Å². The molecule has 104 valence electrons. The van der Waals surface area contributed by atoms with Crippen LogP contribution in [0.5, 0.6) is 0 Å². The van der Waals surface area contributed by atoms with Crippen molar-refractivity contribution >= 4 is 32.9 Å². The highest BCUT2D eigenvalue weighted by molar-refractivity contribution is 9.10. The van der Waals surface area contributed by atoms with Crippen LogP contribution in [0.3, 0.4) is 0 Å². The highest BCUT2D eigenvalue weighted by Crippen LogP contribution is 2.17. The Balaban J connectivity index is 1.83. The van der Waals surface area contributed by atoms with Gasteiger partial charge in [0.1, 0.15) is 5.52 Å². The molecule has 0 fully saturated rings. The van der Waals surface area contributed by atoms with Gasteiger partial charge < -0.3 is 5.32 Å². The maximum absolute atomic E-state index is 12.3. The summed E-state index contributed by atoms with van der Waals surface area (Å²) in [6, 6.07) is 13.2. The van der Waals surface area contributed by atoms with Crippen molar-refractivity contribution in [1.82, 2.24) is 15.3 Å². The van der Waals surface area contributed by atoms with Crippen LogP contribution < -0.4 is 5.32 Å².